The largest absolute Gasteiger partial charge is 0.386 e. The third-order valence-corrected chi connectivity index (χ3v) is 3.24. The maximum absolute atomic E-state index is 10.8. The van der Waals surface area contributed by atoms with Crippen molar-refractivity contribution in [2.24, 2.45) is 0 Å². The molecule has 1 aromatic carbocycles. The minimum Gasteiger partial charge on any atom is -0.386 e. The zero-order valence-electron chi connectivity index (χ0n) is 11.9. The van der Waals surface area contributed by atoms with E-state index in [4.69, 9.17) is 0 Å². The Balaban J connectivity index is 1.84. The van der Waals surface area contributed by atoms with Gasteiger partial charge in [-0.15, -0.1) is 5.10 Å². The van der Waals surface area contributed by atoms with Crippen molar-refractivity contribution in [2.75, 3.05) is 0 Å². The molecule has 9 nitrogen and oxygen atoms in total. The zero-order chi connectivity index (χ0) is 16.2. The molecular weight excluding hydrogens is 300 g/mol. The van der Waals surface area contributed by atoms with Crippen LogP contribution in [0.5, 0.6) is 0 Å². The normalized spacial score (nSPS) is 12.0. The van der Waals surface area contributed by atoms with Gasteiger partial charge in [0.2, 0.25) is 5.82 Å². The zero-order valence-corrected chi connectivity index (χ0v) is 11.9. The molecule has 0 fully saturated rings. The van der Waals surface area contributed by atoms with Gasteiger partial charge in [-0.05, 0) is 28.1 Å². The van der Waals surface area contributed by atoms with Crippen LogP contribution in [0.15, 0.2) is 48.7 Å². The predicted molar refractivity (Wildman–Crippen MR) is 79.1 cm³/mol. The van der Waals surface area contributed by atoms with Gasteiger partial charge in [-0.1, -0.05) is 18.2 Å². The van der Waals surface area contributed by atoms with E-state index >= 15 is 0 Å². The molecule has 116 valence electrons. The van der Waals surface area contributed by atoms with Crippen LogP contribution in [0, 0.1) is 10.1 Å². The molecule has 0 saturated carbocycles. The number of hydrogen-bond donors (Lipinski definition) is 1. The topological polar surface area (TPSA) is 120 Å². The number of nitro benzene ring substituents is 1. The molecule has 0 spiro atoms. The average Bonchev–Trinajstić information content (AvgIpc) is 3.04. The predicted octanol–water partition coefficient (Wildman–Crippen LogP) is 1.38. The number of hydrogen-bond acceptors (Lipinski definition) is 7. The highest BCUT2D eigenvalue weighted by molar-refractivity contribution is 5.47. The number of benzene rings is 1. The van der Waals surface area contributed by atoms with E-state index in [0.717, 1.165) is 0 Å². The maximum Gasteiger partial charge on any atom is 0.269 e. The van der Waals surface area contributed by atoms with Crippen LogP contribution in [-0.4, -0.2) is 35.2 Å². The molecule has 3 rings (SSSR count). The van der Waals surface area contributed by atoms with Crippen LogP contribution >= 0.6 is 0 Å². The smallest absolute Gasteiger partial charge is 0.269 e. The van der Waals surface area contributed by atoms with Crippen molar-refractivity contribution < 1.29 is 10.0 Å². The molecule has 9 heteroatoms. The lowest BCUT2D eigenvalue weighted by Gasteiger charge is -2.11. The summed E-state index contributed by atoms with van der Waals surface area (Å²) in [6.07, 6.45) is 0.631. The number of nitrogens with zero attached hydrogens (tertiary/aromatic N) is 6. The van der Waals surface area contributed by atoms with Crippen molar-refractivity contribution >= 4 is 5.69 Å². The van der Waals surface area contributed by atoms with Crippen molar-refractivity contribution in [2.45, 2.75) is 12.6 Å². The molecule has 0 amide bonds. The molecule has 0 aliphatic rings. The first-order chi connectivity index (χ1) is 11.1. The number of aliphatic hydroxyl groups excluding tert-OH is 1. The molecule has 23 heavy (non-hydrogen) atoms. The fourth-order valence-corrected chi connectivity index (χ4v) is 2.12. The number of non-ortho nitro benzene ring substituents is 1. The molecule has 2 aromatic heterocycles. The van der Waals surface area contributed by atoms with Gasteiger partial charge in [-0.3, -0.25) is 15.1 Å². The number of rotatable bonds is 5. The van der Waals surface area contributed by atoms with E-state index in [1.54, 1.807) is 30.5 Å². The van der Waals surface area contributed by atoms with Gasteiger partial charge in [0.05, 0.1) is 17.6 Å². The van der Waals surface area contributed by atoms with E-state index in [2.05, 4.69) is 20.5 Å². The molecule has 0 bridgehead atoms. The fourth-order valence-electron chi connectivity index (χ4n) is 2.12. The third kappa shape index (κ3) is 3.19. The van der Waals surface area contributed by atoms with Crippen molar-refractivity contribution in [3.63, 3.8) is 0 Å². The Bertz CT molecular complexity index is 820. The van der Waals surface area contributed by atoms with Gasteiger partial charge in [-0.25, -0.2) is 4.68 Å². The van der Waals surface area contributed by atoms with Crippen LogP contribution in [0.3, 0.4) is 0 Å². The van der Waals surface area contributed by atoms with Crippen LogP contribution in [0.2, 0.25) is 0 Å². The lowest BCUT2D eigenvalue weighted by molar-refractivity contribution is -0.385. The summed E-state index contributed by atoms with van der Waals surface area (Å²) in [4.78, 5) is 14.5. The summed E-state index contributed by atoms with van der Waals surface area (Å²) < 4.78 is 1.41. The first-order valence-corrected chi connectivity index (χ1v) is 6.75. The van der Waals surface area contributed by atoms with Crippen LogP contribution in [0.25, 0.3) is 11.5 Å². The molecular formula is C14H12N6O3. The molecule has 0 aliphatic heterocycles. The van der Waals surface area contributed by atoms with E-state index in [1.165, 1.54) is 22.9 Å². The van der Waals surface area contributed by atoms with Gasteiger partial charge in [0.15, 0.2) is 0 Å². The molecule has 3 aromatic rings. The minimum absolute atomic E-state index is 0.0556. The van der Waals surface area contributed by atoms with E-state index in [-0.39, 0.29) is 12.2 Å². The standard InChI is InChI=1S/C14H12N6O3/c21-13(10-4-3-5-11(8-10)20(22)23)9-19-14(16-17-18-19)12-6-1-2-7-15-12/h1-8,13,21H,9H2/t13-/m1/s1. The van der Waals surface area contributed by atoms with Crippen LogP contribution < -0.4 is 0 Å². The number of aliphatic hydroxyl groups is 1. The third-order valence-electron chi connectivity index (χ3n) is 3.24. The van der Waals surface area contributed by atoms with Crippen molar-refractivity contribution in [3.05, 3.63) is 64.3 Å². The molecule has 1 atom stereocenters. The van der Waals surface area contributed by atoms with Crippen LogP contribution in [0.4, 0.5) is 5.69 Å². The summed E-state index contributed by atoms with van der Waals surface area (Å²) in [5.41, 5.74) is 0.911. The van der Waals surface area contributed by atoms with Crippen molar-refractivity contribution in [3.8, 4) is 11.5 Å². The highest BCUT2D eigenvalue weighted by Crippen LogP contribution is 2.22. The second-order valence-corrected chi connectivity index (χ2v) is 4.77. The van der Waals surface area contributed by atoms with Crippen molar-refractivity contribution in [1.82, 2.24) is 25.2 Å². The SMILES string of the molecule is O=[N+]([O-])c1cccc([C@H](O)Cn2nnnc2-c2ccccn2)c1. The fraction of sp³-hybridized carbons (Fsp3) is 0.143. The lowest BCUT2D eigenvalue weighted by atomic mass is 10.1. The van der Waals surface area contributed by atoms with Gasteiger partial charge in [0, 0.05) is 18.3 Å². The van der Waals surface area contributed by atoms with Crippen molar-refractivity contribution in [1.29, 1.82) is 0 Å². The van der Waals surface area contributed by atoms with Gasteiger partial charge >= 0.3 is 0 Å². The average molecular weight is 312 g/mol. The molecule has 0 unspecified atom stereocenters. The highest BCUT2D eigenvalue weighted by Gasteiger charge is 2.17. The monoisotopic (exact) mass is 312 g/mol. The van der Waals surface area contributed by atoms with Gasteiger partial charge < -0.3 is 5.11 Å². The van der Waals surface area contributed by atoms with E-state index in [9.17, 15) is 15.2 Å². The second-order valence-electron chi connectivity index (χ2n) is 4.77. The molecule has 0 saturated heterocycles. The maximum atomic E-state index is 10.8. The van der Waals surface area contributed by atoms with Gasteiger partial charge in [-0.2, -0.15) is 0 Å². The number of nitro groups is 1. The molecule has 0 radical (unpaired) electrons. The Morgan fingerprint density at radius 3 is 2.87 bits per heavy atom. The highest BCUT2D eigenvalue weighted by atomic mass is 16.6. The Labute approximate surface area is 130 Å². The van der Waals surface area contributed by atoms with E-state index < -0.39 is 11.0 Å². The first kappa shape index (κ1) is 14.7. The number of aromatic nitrogens is 5. The number of tetrazole rings is 1. The Morgan fingerprint density at radius 1 is 1.26 bits per heavy atom. The Morgan fingerprint density at radius 2 is 2.13 bits per heavy atom. The molecule has 2 heterocycles. The lowest BCUT2D eigenvalue weighted by Crippen LogP contribution is -2.12. The molecule has 1 N–H and O–H groups in total. The Hall–Kier alpha value is -3.20. The number of pyridine rings is 1. The summed E-state index contributed by atoms with van der Waals surface area (Å²) in [5.74, 6) is 0.412. The summed E-state index contributed by atoms with van der Waals surface area (Å²) in [6, 6.07) is 11.2. The summed E-state index contributed by atoms with van der Waals surface area (Å²) in [5, 5.41) is 32.5. The van der Waals surface area contributed by atoms with E-state index in [0.29, 0.717) is 17.1 Å². The van der Waals surface area contributed by atoms with Crippen LogP contribution in [-0.2, 0) is 6.54 Å². The molecule has 0 aliphatic carbocycles. The van der Waals surface area contributed by atoms with Gasteiger partial charge in [0.1, 0.15) is 5.69 Å². The quantitative estimate of drug-likeness (QED) is 0.558. The second kappa shape index (κ2) is 6.28. The van der Waals surface area contributed by atoms with Gasteiger partial charge in [0.25, 0.3) is 5.69 Å². The Kier molecular flexibility index (Phi) is 4.02. The summed E-state index contributed by atoms with van der Waals surface area (Å²) in [7, 11) is 0. The van der Waals surface area contributed by atoms with E-state index in [1.807, 2.05) is 0 Å². The minimum atomic E-state index is -0.985. The summed E-state index contributed by atoms with van der Waals surface area (Å²) >= 11 is 0. The summed E-state index contributed by atoms with van der Waals surface area (Å²) in [6.45, 7) is 0.0556. The first-order valence-electron chi connectivity index (χ1n) is 6.75. The van der Waals surface area contributed by atoms with Crippen LogP contribution in [0.1, 0.15) is 11.7 Å².